The van der Waals surface area contributed by atoms with E-state index in [0.29, 0.717) is 6.42 Å². The topological polar surface area (TPSA) is 55.8 Å². The highest BCUT2D eigenvalue weighted by Gasteiger charge is 2.42. The summed E-state index contributed by atoms with van der Waals surface area (Å²) in [5.74, 6) is -2.03. The second-order valence-corrected chi connectivity index (χ2v) is 6.84. The fourth-order valence-corrected chi connectivity index (χ4v) is 3.02. The predicted molar refractivity (Wildman–Crippen MR) is 66.4 cm³/mol. The van der Waals surface area contributed by atoms with Crippen molar-refractivity contribution >= 4 is 7.60 Å². The van der Waals surface area contributed by atoms with Gasteiger partial charge in [0.25, 0.3) is 0 Å². The normalized spacial score (nSPS) is 15.1. The molecule has 0 radical (unpaired) electrons. The lowest BCUT2D eigenvalue weighted by Gasteiger charge is -2.24. The molecule has 0 amide bonds. The van der Waals surface area contributed by atoms with Crippen LogP contribution in [0.5, 0.6) is 0 Å². The average molecular weight is 360 g/mol. The van der Waals surface area contributed by atoms with Crippen LogP contribution in [0, 0.1) is 0 Å². The Balaban J connectivity index is 4.71. The van der Waals surface area contributed by atoms with Gasteiger partial charge in [0, 0.05) is 0 Å². The van der Waals surface area contributed by atoms with Gasteiger partial charge in [0.05, 0.1) is 0 Å². The van der Waals surface area contributed by atoms with E-state index in [1.807, 2.05) is 6.92 Å². The van der Waals surface area contributed by atoms with Gasteiger partial charge in [-0.15, -0.1) is 0 Å². The van der Waals surface area contributed by atoms with E-state index in [-0.39, 0.29) is 12.8 Å². The Morgan fingerprint density at radius 2 is 1.41 bits per heavy atom. The van der Waals surface area contributed by atoms with Crippen molar-refractivity contribution in [1.82, 2.24) is 0 Å². The van der Waals surface area contributed by atoms with Gasteiger partial charge in [0.2, 0.25) is 0 Å². The first-order chi connectivity index (χ1) is 9.90. The number of alkyl halides is 6. The van der Waals surface area contributed by atoms with Crippen LogP contribution in [-0.4, -0.2) is 36.5 Å². The Labute approximate surface area is 124 Å². The molecule has 0 heterocycles. The molecule has 0 bridgehead atoms. The molecule has 0 rings (SSSR count). The number of aliphatic hydroxyl groups is 1. The third-order valence-corrected chi connectivity index (χ3v) is 4.46. The minimum absolute atomic E-state index is 0.271. The summed E-state index contributed by atoms with van der Waals surface area (Å²) in [6.07, 6.45) is -7.60. The maximum absolute atomic E-state index is 12.1. The summed E-state index contributed by atoms with van der Waals surface area (Å²) < 4.78 is 92.3. The van der Waals surface area contributed by atoms with Crippen LogP contribution in [0.3, 0.4) is 0 Å². The summed E-state index contributed by atoms with van der Waals surface area (Å²) in [5, 5.41) is 9.61. The molecule has 1 atom stereocenters. The highest BCUT2D eigenvalue weighted by molar-refractivity contribution is 7.54. The van der Waals surface area contributed by atoms with E-state index in [2.05, 4.69) is 9.05 Å². The molecule has 0 aromatic rings. The third-order valence-electron chi connectivity index (χ3n) is 2.50. The molecule has 0 aromatic carbocycles. The lowest BCUT2D eigenvalue weighted by Crippen LogP contribution is -2.24. The zero-order valence-corrected chi connectivity index (χ0v) is 12.8. The summed E-state index contributed by atoms with van der Waals surface area (Å²) in [4.78, 5) is 0. The monoisotopic (exact) mass is 360 g/mol. The van der Waals surface area contributed by atoms with Crippen molar-refractivity contribution in [2.75, 3.05) is 13.2 Å². The van der Waals surface area contributed by atoms with Crippen LogP contribution in [0.4, 0.5) is 26.3 Å². The highest BCUT2D eigenvalue weighted by atomic mass is 31.2. The molecule has 4 nitrogen and oxygen atoms in total. The van der Waals surface area contributed by atoms with Crippen LogP contribution >= 0.6 is 7.60 Å². The van der Waals surface area contributed by atoms with Crippen LogP contribution in [0.1, 0.15) is 39.0 Å². The van der Waals surface area contributed by atoms with Crippen molar-refractivity contribution in [3.8, 4) is 0 Å². The molecule has 0 aromatic heterocycles. The summed E-state index contributed by atoms with van der Waals surface area (Å²) in [7, 11) is -4.94. The molecular formula is C11H19F6O4P. The largest absolute Gasteiger partial charge is 0.412 e. The minimum atomic E-state index is -4.94. The molecule has 0 spiro atoms. The molecule has 0 saturated carbocycles. The van der Waals surface area contributed by atoms with Crippen molar-refractivity contribution in [2.45, 2.75) is 57.2 Å². The van der Waals surface area contributed by atoms with E-state index < -0.39 is 39.0 Å². The van der Waals surface area contributed by atoms with Gasteiger partial charge in [0.1, 0.15) is 0 Å². The maximum atomic E-state index is 12.1. The van der Waals surface area contributed by atoms with Crippen LogP contribution in [0.15, 0.2) is 0 Å². The summed E-state index contributed by atoms with van der Waals surface area (Å²) in [6, 6.07) is 0. The van der Waals surface area contributed by atoms with Crippen LogP contribution < -0.4 is 0 Å². The smallest absolute Gasteiger partial charge is 0.380 e. The lowest BCUT2D eigenvalue weighted by molar-refractivity contribution is -0.166. The number of hydrogen-bond acceptors (Lipinski definition) is 4. The molecule has 1 unspecified atom stereocenters. The Morgan fingerprint density at radius 1 is 0.955 bits per heavy atom. The SMILES string of the molecule is CCCCCCC(O)P(=O)(OCC(F)(F)F)OCC(F)(F)F. The molecule has 0 aliphatic rings. The van der Waals surface area contributed by atoms with Gasteiger partial charge in [0.15, 0.2) is 19.1 Å². The first kappa shape index (κ1) is 21.7. The number of rotatable bonds is 10. The van der Waals surface area contributed by atoms with Crippen LogP contribution in [0.25, 0.3) is 0 Å². The van der Waals surface area contributed by atoms with Crippen LogP contribution in [0.2, 0.25) is 0 Å². The van der Waals surface area contributed by atoms with E-state index in [0.717, 1.165) is 12.8 Å². The summed E-state index contributed by atoms with van der Waals surface area (Å²) in [6.45, 7) is -2.23. The van der Waals surface area contributed by atoms with Gasteiger partial charge in [-0.3, -0.25) is 13.6 Å². The Hall–Kier alpha value is -0.310. The van der Waals surface area contributed by atoms with E-state index in [1.54, 1.807) is 0 Å². The van der Waals surface area contributed by atoms with Gasteiger partial charge < -0.3 is 5.11 Å². The van der Waals surface area contributed by atoms with E-state index >= 15 is 0 Å². The second kappa shape index (κ2) is 9.10. The molecule has 1 N–H and O–H groups in total. The standard InChI is InChI=1S/C11H19F6O4P/c1-2-3-4-5-6-9(18)22(19,20-7-10(12,13)14)21-8-11(15,16)17/h9,18H,2-8H2,1H3. The molecule has 11 heteroatoms. The second-order valence-electron chi connectivity index (χ2n) is 4.65. The summed E-state index contributed by atoms with van der Waals surface area (Å²) >= 11 is 0. The van der Waals surface area contributed by atoms with Gasteiger partial charge in [-0.25, -0.2) is 0 Å². The predicted octanol–water partition coefficient (Wildman–Crippen LogP) is 4.63. The van der Waals surface area contributed by atoms with Crippen molar-refractivity contribution in [3.63, 3.8) is 0 Å². The molecular weight excluding hydrogens is 341 g/mol. The van der Waals surface area contributed by atoms with E-state index in [4.69, 9.17) is 0 Å². The molecule has 0 fully saturated rings. The van der Waals surface area contributed by atoms with E-state index in [1.165, 1.54) is 0 Å². The molecule has 0 aliphatic heterocycles. The Kier molecular flexibility index (Phi) is 8.97. The average Bonchev–Trinajstić information content (AvgIpc) is 2.37. The van der Waals surface area contributed by atoms with Gasteiger partial charge in [-0.2, -0.15) is 26.3 Å². The fourth-order valence-electron chi connectivity index (χ4n) is 1.45. The Bertz CT molecular complexity index is 335. The van der Waals surface area contributed by atoms with Crippen molar-refractivity contribution in [1.29, 1.82) is 0 Å². The zero-order valence-electron chi connectivity index (χ0n) is 11.9. The molecule has 0 saturated heterocycles. The van der Waals surface area contributed by atoms with Crippen molar-refractivity contribution in [3.05, 3.63) is 0 Å². The molecule has 22 heavy (non-hydrogen) atoms. The van der Waals surface area contributed by atoms with Gasteiger partial charge in [-0.05, 0) is 6.42 Å². The van der Waals surface area contributed by atoms with Gasteiger partial charge in [-0.1, -0.05) is 32.6 Å². The fraction of sp³-hybridized carbons (Fsp3) is 1.00. The number of halogens is 6. The summed E-state index contributed by atoms with van der Waals surface area (Å²) in [5.41, 5.74) is 0. The van der Waals surface area contributed by atoms with E-state index in [9.17, 15) is 36.0 Å². The van der Waals surface area contributed by atoms with Crippen LogP contribution in [-0.2, 0) is 13.6 Å². The number of unbranched alkanes of at least 4 members (excludes halogenated alkanes) is 3. The quantitative estimate of drug-likeness (QED) is 0.351. The lowest BCUT2D eigenvalue weighted by atomic mass is 10.2. The van der Waals surface area contributed by atoms with Crippen molar-refractivity contribution < 1.29 is 45.1 Å². The molecule has 134 valence electrons. The maximum Gasteiger partial charge on any atom is 0.412 e. The third kappa shape index (κ3) is 10.4. The number of aliphatic hydroxyl groups excluding tert-OH is 1. The highest BCUT2D eigenvalue weighted by Crippen LogP contribution is 2.55. The zero-order chi connectivity index (χ0) is 17.4. The number of hydrogen-bond donors (Lipinski definition) is 1. The van der Waals surface area contributed by atoms with Crippen molar-refractivity contribution in [2.24, 2.45) is 0 Å². The van der Waals surface area contributed by atoms with Gasteiger partial charge >= 0.3 is 19.9 Å². The molecule has 0 aliphatic carbocycles. The first-order valence-corrected chi connectivity index (χ1v) is 8.21. The first-order valence-electron chi connectivity index (χ1n) is 6.60. The minimum Gasteiger partial charge on any atom is -0.380 e. The Morgan fingerprint density at radius 3 is 1.77 bits per heavy atom.